The molecule has 3 N–H and O–H groups in total. The number of aliphatic hydroxyl groups excluding tert-OH is 1. The number of carbonyl (C=O) groups is 4. The van der Waals surface area contributed by atoms with E-state index in [9.17, 15) is 24.3 Å². The Labute approximate surface area is 206 Å². The van der Waals surface area contributed by atoms with Crippen LogP contribution < -0.4 is 10.2 Å². The highest BCUT2D eigenvalue weighted by Crippen LogP contribution is 2.24. The van der Waals surface area contributed by atoms with Crippen molar-refractivity contribution in [3.8, 4) is 6.07 Å². The summed E-state index contributed by atoms with van der Waals surface area (Å²) in [4.78, 5) is 54.7. The third-order valence-corrected chi connectivity index (χ3v) is 5.08. The molecule has 3 rings (SSSR count). The molecule has 0 saturated heterocycles. The SMILES string of the molecule is CC(=O)O[C@@H](C(=O)Nc1ccc(C#N)cc1)[C@@H](OC(C)=O)C(=O)N(CCO)c1ccc2cc[nH]c2c1. The Morgan fingerprint density at radius 2 is 1.69 bits per heavy atom. The van der Waals surface area contributed by atoms with Gasteiger partial charge in [0.05, 0.1) is 18.2 Å². The van der Waals surface area contributed by atoms with Gasteiger partial charge in [-0.15, -0.1) is 0 Å². The normalized spacial score (nSPS) is 12.2. The number of fused-ring (bicyclic) bond motifs is 1. The van der Waals surface area contributed by atoms with Crippen molar-refractivity contribution in [1.82, 2.24) is 4.98 Å². The number of esters is 2. The van der Waals surface area contributed by atoms with Crippen LogP contribution in [-0.2, 0) is 28.7 Å². The first kappa shape index (κ1) is 25.9. The summed E-state index contributed by atoms with van der Waals surface area (Å²) in [6.45, 7) is 1.47. The second kappa shape index (κ2) is 11.6. The van der Waals surface area contributed by atoms with Crippen LogP contribution in [0.4, 0.5) is 11.4 Å². The van der Waals surface area contributed by atoms with Crippen molar-refractivity contribution in [2.75, 3.05) is 23.4 Å². The summed E-state index contributed by atoms with van der Waals surface area (Å²) >= 11 is 0. The molecular weight excluding hydrogens is 468 g/mol. The Balaban J connectivity index is 1.97. The summed E-state index contributed by atoms with van der Waals surface area (Å²) in [6.07, 6.45) is -1.97. The van der Waals surface area contributed by atoms with Crippen LogP contribution in [0.15, 0.2) is 54.7 Å². The number of anilines is 2. The van der Waals surface area contributed by atoms with Crippen molar-refractivity contribution in [2.45, 2.75) is 26.1 Å². The Morgan fingerprint density at radius 3 is 2.31 bits per heavy atom. The molecule has 0 aliphatic carbocycles. The molecule has 11 heteroatoms. The second-order valence-electron chi connectivity index (χ2n) is 7.70. The number of aromatic nitrogens is 1. The first-order valence-corrected chi connectivity index (χ1v) is 10.9. The van der Waals surface area contributed by atoms with E-state index in [2.05, 4.69) is 10.3 Å². The number of rotatable bonds is 9. The summed E-state index contributed by atoms with van der Waals surface area (Å²) in [5, 5.41) is 21.9. The van der Waals surface area contributed by atoms with E-state index in [1.54, 1.807) is 24.4 Å². The third-order valence-electron chi connectivity index (χ3n) is 5.08. The highest BCUT2D eigenvalue weighted by atomic mass is 16.6. The molecule has 2 atom stereocenters. The predicted molar refractivity (Wildman–Crippen MR) is 129 cm³/mol. The first-order chi connectivity index (χ1) is 17.2. The van der Waals surface area contributed by atoms with Crippen molar-refractivity contribution in [3.63, 3.8) is 0 Å². The van der Waals surface area contributed by atoms with Crippen LogP contribution in [-0.4, -0.2) is 59.2 Å². The fraction of sp³-hybridized carbons (Fsp3) is 0.240. The van der Waals surface area contributed by atoms with Gasteiger partial charge in [0, 0.05) is 43.5 Å². The number of amides is 2. The lowest BCUT2D eigenvalue weighted by molar-refractivity contribution is -0.172. The molecule has 0 fully saturated rings. The number of nitrogens with zero attached hydrogens (tertiary/aromatic N) is 2. The van der Waals surface area contributed by atoms with Crippen molar-refractivity contribution in [1.29, 1.82) is 5.26 Å². The Bertz CT molecular complexity index is 1310. The van der Waals surface area contributed by atoms with Gasteiger partial charge in [-0.05, 0) is 47.9 Å². The van der Waals surface area contributed by atoms with Gasteiger partial charge >= 0.3 is 11.9 Å². The van der Waals surface area contributed by atoms with Crippen LogP contribution in [0.2, 0.25) is 0 Å². The van der Waals surface area contributed by atoms with Crippen LogP contribution in [0.5, 0.6) is 0 Å². The fourth-order valence-corrected chi connectivity index (χ4v) is 3.52. The molecular formula is C25H24N4O7. The van der Waals surface area contributed by atoms with Gasteiger partial charge < -0.3 is 29.8 Å². The van der Waals surface area contributed by atoms with Gasteiger partial charge in [0.25, 0.3) is 11.8 Å². The van der Waals surface area contributed by atoms with E-state index in [0.29, 0.717) is 16.8 Å². The molecule has 0 saturated carbocycles. The van der Waals surface area contributed by atoms with Crippen LogP contribution in [0, 0.1) is 11.3 Å². The topological polar surface area (TPSA) is 162 Å². The number of nitriles is 1. The maximum atomic E-state index is 13.6. The highest BCUT2D eigenvalue weighted by Gasteiger charge is 2.42. The summed E-state index contributed by atoms with van der Waals surface area (Å²) in [5.41, 5.74) is 1.68. The van der Waals surface area contributed by atoms with Crippen LogP contribution >= 0.6 is 0 Å². The number of hydrogen-bond donors (Lipinski definition) is 3. The Hall–Kier alpha value is -4.69. The number of benzene rings is 2. The van der Waals surface area contributed by atoms with Crippen LogP contribution in [0.1, 0.15) is 19.4 Å². The van der Waals surface area contributed by atoms with Crippen molar-refractivity contribution >= 4 is 46.0 Å². The lowest BCUT2D eigenvalue weighted by Crippen LogP contribution is -2.53. The quantitative estimate of drug-likeness (QED) is 0.381. The average Bonchev–Trinajstić information content (AvgIpc) is 3.32. The molecule has 0 unspecified atom stereocenters. The maximum Gasteiger partial charge on any atom is 0.303 e. The Kier molecular flexibility index (Phi) is 8.38. The lowest BCUT2D eigenvalue weighted by atomic mass is 10.1. The maximum absolute atomic E-state index is 13.6. The summed E-state index contributed by atoms with van der Waals surface area (Å²) in [6, 6.07) is 14.7. The standard InChI is InChI=1S/C25H24N4O7/c1-15(31)35-22(24(33)28-19-6-3-17(14-26)4-7-19)23(36-16(2)32)25(34)29(11-12-30)20-8-5-18-9-10-27-21(18)13-20/h3-10,13,22-23,27,30H,11-12H2,1-2H3,(H,28,33)/t22-,23-/m1/s1. The van der Waals surface area contributed by atoms with Gasteiger partial charge in [0.2, 0.25) is 12.2 Å². The van der Waals surface area contributed by atoms with E-state index in [4.69, 9.17) is 14.7 Å². The molecule has 0 bridgehead atoms. The van der Waals surface area contributed by atoms with Gasteiger partial charge in [-0.1, -0.05) is 6.07 Å². The van der Waals surface area contributed by atoms with E-state index in [0.717, 1.165) is 24.1 Å². The van der Waals surface area contributed by atoms with Crippen molar-refractivity contribution in [2.24, 2.45) is 0 Å². The largest absolute Gasteiger partial charge is 0.448 e. The molecule has 3 aromatic rings. The van der Waals surface area contributed by atoms with Crippen molar-refractivity contribution < 1.29 is 33.8 Å². The monoisotopic (exact) mass is 492 g/mol. The summed E-state index contributed by atoms with van der Waals surface area (Å²) in [7, 11) is 0. The van der Waals surface area contributed by atoms with Gasteiger partial charge in [0.1, 0.15) is 0 Å². The second-order valence-corrected chi connectivity index (χ2v) is 7.70. The molecule has 2 amide bonds. The van der Waals surface area contributed by atoms with Gasteiger partial charge in [0.15, 0.2) is 0 Å². The number of nitrogens with one attached hydrogen (secondary N) is 2. The number of H-pyrrole nitrogens is 1. The minimum Gasteiger partial charge on any atom is -0.448 e. The van der Waals surface area contributed by atoms with Crippen molar-refractivity contribution in [3.05, 3.63) is 60.3 Å². The number of hydrogen-bond acceptors (Lipinski definition) is 8. The third kappa shape index (κ3) is 6.25. The zero-order valence-electron chi connectivity index (χ0n) is 19.6. The van der Waals surface area contributed by atoms with E-state index >= 15 is 0 Å². The predicted octanol–water partition coefficient (Wildman–Crippen LogP) is 1.87. The van der Waals surface area contributed by atoms with E-state index in [-0.39, 0.29) is 12.2 Å². The van der Waals surface area contributed by atoms with E-state index in [1.165, 1.54) is 24.3 Å². The van der Waals surface area contributed by atoms with E-state index in [1.807, 2.05) is 12.1 Å². The number of aromatic amines is 1. The molecule has 0 aliphatic heterocycles. The molecule has 36 heavy (non-hydrogen) atoms. The van der Waals surface area contributed by atoms with Gasteiger partial charge in [-0.2, -0.15) is 5.26 Å². The molecule has 0 aliphatic rings. The average molecular weight is 492 g/mol. The molecule has 2 aromatic carbocycles. The number of ether oxygens (including phenoxy) is 2. The van der Waals surface area contributed by atoms with Gasteiger partial charge in [-0.25, -0.2) is 0 Å². The molecule has 1 heterocycles. The molecule has 11 nitrogen and oxygen atoms in total. The number of carbonyl (C=O) groups excluding carboxylic acids is 4. The Morgan fingerprint density at radius 1 is 1.03 bits per heavy atom. The lowest BCUT2D eigenvalue weighted by Gasteiger charge is -2.30. The number of aliphatic hydroxyl groups is 1. The highest BCUT2D eigenvalue weighted by molar-refractivity contribution is 6.05. The summed E-state index contributed by atoms with van der Waals surface area (Å²) in [5.74, 6) is -3.59. The van der Waals surface area contributed by atoms with E-state index < -0.39 is 42.6 Å². The smallest absolute Gasteiger partial charge is 0.303 e. The first-order valence-electron chi connectivity index (χ1n) is 10.9. The fourth-order valence-electron chi connectivity index (χ4n) is 3.52. The zero-order chi connectivity index (χ0) is 26.2. The summed E-state index contributed by atoms with van der Waals surface area (Å²) < 4.78 is 10.3. The van der Waals surface area contributed by atoms with Gasteiger partial charge in [-0.3, -0.25) is 19.2 Å². The molecule has 0 radical (unpaired) electrons. The minimum absolute atomic E-state index is 0.188. The molecule has 1 aromatic heterocycles. The minimum atomic E-state index is -1.85. The molecule has 186 valence electrons. The van der Waals surface area contributed by atoms with Crippen LogP contribution in [0.25, 0.3) is 10.9 Å². The zero-order valence-corrected chi connectivity index (χ0v) is 19.6. The van der Waals surface area contributed by atoms with Crippen LogP contribution in [0.3, 0.4) is 0 Å². The molecule has 0 spiro atoms.